The molecule has 1 atom stereocenters. The van der Waals surface area contributed by atoms with Crippen LogP contribution in [0.4, 0.5) is 0 Å². The minimum absolute atomic E-state index is 0.566. The Hall–Kier alpha value is -0.270. The lowest BCUT2D eigenvalue weighted by Crippen LogP contribution is -2.48. The molecule has 0 aromatic rings. The van der Waals surface area contributed by atoms with Crippen LogP contribution in [0.3, 0.4) is 0 Å². The van der Waals surface area contributed by atoms with Gasteiger partial charge in [0.15, 0.2) is 0 Å². The van der Waals surface area contributed by atoms with Crippen LogP contribution >= 0.6 is 11.8 Å². The summed E-state index contributed by atoms with van der Waals surface area (Å²) in [6.45, 7) is 4.12. The Morgan fingerprint density at radius 2 is 1.89 bits per heavy atom. The highest BCUT2D eigenvalue weighted by atomic mass is 32.2. The van der Waals surface area contributed by atoms with Crippen molar-refractivity contribution in [1.82, 2.24) is 0 Å². The summed E-state index contributed by atoms with van der Waals surface area (Å²) in [5.74, 6) is 1.10. The number of hydrogen-bond acceptors (Lipinski definition) is 6. The van der Waals surface area contributed by atoms with Crippen LogP contribution in [0.15, 0.2) is 0 Å². The summed E-state index contributed by atoms with van der Waals surface area (Å²) in [7, 11) is 0. The van der Waals surface area contributed by atoms with Crippen molar-refractivity contribution in [3.8, 4) is 0 Å². The van der Waals surface area contributed by atoms with E-state index in [-0.39, 0.29) is 0 Å². The van der Waals surface area contributed by atoms with Crippen molar-refractivity contribution < 1.29 is 14.1 Å². The van der Waals surface area contributed by atoms with Crippen LogP contribution < -0.4 is 5.73 Å². The van der Waals surface area contributed by atoms with Gasteiger partial charge in [0, 0.05) is 0 Å². The Morgan fingerprint density at radius 1 is 1.33 bits per heavy atom. The molecule has 0 bridgehead atoms. The standard InChI is InChI=1S/C11H23NO2S.H2NOS/c1-3-5-8-15-9-7-11(12,6-4-2)10(13)14;1-3-2/h3-9,12H2,1-2H3,(H,13,14);1,3H/q;-1/t11-;/m0./s1. The summed E-state index contributed by atoms with van der Waals surface area (Å²) in [5, 5.41) is 9.03. The predicted octanol–water partition coefficient (Wildman–Crippen LogP) is 2.40. The molecule has 110 valence electrons. The predicted molar refractivity (Wildman–Crippen MR) is 78.5 cm³/mol. The molecule has 0 amide bonds. The molecule has 0 saturated heterocycles. The van der Waals surface area contributed by atoms with Gasteiger partial charge in [-0.1, -0.05) is 26.7 Å². The quantitative estimate of drug-likeness (QED) is 0.344. The molecule has 0 fully saturated rings. The first-order valence-corrected chi connectivity index (χ1v) is 8.04. The molecule has 0 aliphatic carbocycles. The van der Waals surface area contributed by atoms with Crippen LogP contribution in [0.1, 0.15) is 46.0 Å². The molecule has 0 saturated carbocycles. The SMILES string of the molecule is CCCCSCC[C@@](N)(CCC)C(=O)O.N=[SH-]=O. The van der Waals surface area contributed by atoms with Crippen molar-refractivity contribution in [3.63, 3.8) is 0 Å². The third-order valence-electron chi connectivity index (χ3n) is 2.46. The largest absolute Gasteiger partial charge is 0.480 e. The summed E-state index contributed by atoms with van der Waals surface area (Å²) in [4.78, 5) is 11.0. The number of carboxylic acids is 1. The van der Waals surface area contributed by atoms with Crippen LogP contribution in [-0.4, -0.2) is 28.1 Å². The second-order valence-corrected chi connectivity index (χ2v) is 5.43. The highest BCUT2D eigenvalue weighted by Crippen LogP contribution is 2.18. The Balaban J connectivity index is 0. The molecule has 4 N–H and O–H groups in total. The van der Waals surface area contributed by atoms with Crippen LogP contribution in [0.2, 0.25) is 0 Å². The van der Waals surface area contributed by atoms with E-state index in [0.29, 0.717) is 12.8 Å². The minimum atomic E-state index is -1.01. The summed E-state index contributed by atoms with van der Waals surface area (Å²) in [6.07, 6.45) is 4.35. The van der Waals surface area contributed by atoms with E-state index in [1.165, 1.54) is 12.8 Å². The summed E-state index contributed by atoms with van der Waals surface area (Å²) < 4.78 is 14.2. The van der Waals surface area contributed by atoms with Crippen LogP contribution in [-0.2, 0) is 20.5 Å². The fraction of sp³-hybridized carbons (Fsp3) is 0.909. The van der Waals surface area contributed by atoms with E-state index in [1.54, 1.807) is 11.8 Å². The zero-order chi connectivity index (χ0) is 14.4. The van der Waals surface area contributed by atoms with Gasteiger partial charge in [-0.2, -0.15) is 11.8 Å². The van der Waals surface area contributed by atoms with Gasteiger partial charge in [0.1, 0.15) is 5.54 Å². The molecule has 0 unspecified atom stereocenters. The van der Waals surface area contributed by atoms with Gasteiger partial charge in [0.2, 0.25) is 0 Å². The fourth-order valence-corrected chi connectivity index (χ4v) is 2.59. The zero-order valence-corrected chi connectivity index (χ0v) is 12.9. The van der Waals surface area contributed by atoms with Gasteiger partial charge in [0.25, 0.3) is 0 Å². The molecule has 0 aromatic carbocycles. The smallest absolute Gasteiger partial charge is 0.323 e. The van der Waals surface area contributed by atoms with E-state index in [2.05, 4.69) is 6.92 Å². The topological polar surface area (TPSA) is 104 Å². The Bertz CT molecular complexity index is 259. The molecule has 0 aromatic heterocycles. The first-order chi connectivity index (χ1) is 8.48. The molecule has 0 spiro atoms. The number of nitrogens with one attached hydrogen (secondary N) is 1. The number of carbonyl (C=O) groups is 1. The second-order valence-electron chi connectivity index (χ2n) is 4.02. The first kappa shape index (κ1) is 20.1. The molecule has 7 heteroatoms. The summed E-state index contributed by atoms with van der Waals surface area (Å²) in [6, 6.07) is 0. The van der Waals surface area contributed by atoms with Gasteiger partial charge in [-0.15, -0.1) is 0 Å². The molecule has 0 heterocycles. The fourth-order valence-electron chi connectivity index (χ4n) is 1.39. The highest BCUT2D eigenvalue weighted by molar-refractivity contribution is 7.99. The summed E-state index contributed by atoms with van der Waals surface area (Å²) in [5.41, 5.74) is 4.85. The summed E-state index contributed by atoms with van der Waals surface area (Å²) >= 11 is 1.22. The van der Waals surface area contributed by atoms with Crippen molar-refractivity contribution in [1.29, 1.82) is 4.78 Å². The number of thioether (sulfide) groups is 1. The Kier molecular flexibility index (Phi) is 14.7. The van der Waals surface area contributed by atoms with Gasteiger partial charge in [0.05, 0.1) is 0 Å². The molecule has 0 radical (unpaired) electrons. The van der Waals surface area contributed by atoms with E-state index in [4.69, 9.17) is 19.8 Å². The lowest BCUT2D eigenvalue weighted by atomic mass is 9.92. The van der Waals surface area contributed by atoms with E-state index in [9.17, 15) is 4.79 Å². The van der Waals surface area contributed by atoms with Crippen molar-refractivity contribution in [3.05, 3.63) is 0 Å². The molecular weight excluding hydrogens is 272 g/mol. The van der Waals surface area contributed by atoms with E-state index in [1.807, 2.05) is 6.92 Å². The average molecular weight is 297 g/mol. The zero-order valence-electron chi connectivity index (χ0n) is 11.1. The maximum absolute atomic E-state index is 11.0. The van der Waals surface area contributed by atoms with Gasteiger partial charge in [-0.05, 0) is 30.8 Å². The molecule has 0 rings (SSSR count). The number of rotatable bonds is 9. The number of hydrogen-bond donors (Lipinski definition) is 3. The number of nitrogens with two attached hydrogens (primary N) is 1. The Morgan fingerprint density at radius 3 is 2.28 bits per heavy atom. The van der Waals surface area contributed by atoms with E-state index < -0.39 is 23.0 Å². The van der Waals surface area contributed by atoms with Gasteiger partial charge in [-0.25, -0.2) is 11.5 Å². The van der Waals surface area contributed by atoms with E-state index >= 15 is 0 Å². The van der Waals surface area contributed by atoms with Crippen LogP contribution in [0.5, 0.6) is 0 Å². The lowest BCUT2D eigenvalue weighted by molar-refractivity contribution is -0.143. The molecule has 0 aliphatic heterocycles. The van der Waals surface area contributed by atoms with Crippen molar-refractivity contribution in [2.24, 2.45) is 5.73 Å². The van der Waals surface area contributed by atoms with Crippen molar-refractivity contribution in [2.45, 2.75) is 51.5 Å². The molecule has 0 aliphatic rings. The first-order valence-electron chi connectivity index (χ1n) is 6.07. The highest BCUT2D eigenvalue weighted by Gasteiger charge is 2.32. The molecular formula is C11H25N2O3S2-. The lowest BCUT2D eigenvalue weighted by Gasteiger charge is -2.23. The van der Waals surface area contributed by atoms with Gasteiger partial charge >= 0.3 is 5.97 Å². The minimum Gasteiger partial charge on any atom is -0.480 e. The molecule has 18 heavy (non-hydrogen) atoms. The average Bonchev–Trinajstić information content (AvgIpc) is 2.30. The number of carboxylic acid groups (broad SMARTS) is 1. The normalized spacial score (nSPS) is 13.3. The van der Waals surface area contributed by atoms with Crippen LogP contribution in [0, 0.1) is 4.78 Å². The maximum atomic E-state index is 11.0. The molecule has 5 nitrogen and oxygen atoms in total. The second kappa shape index (κ2) is 13.2. The maximum Gasteiger partial charge on any atom is 0.323 e. The van der Waals surface area contributed by atoms with E-state index in [0.717, 1.165) is 17.9 Å². The third kappa shape index (κ3) is 10.9. The monoisotopic (exact) mass is 297 g/mol. The van der Waals surface area contributed by atoms with Gasteiger partial charge < -0.3 is 19.8 Å². The Labute approximate surface area is 117 Å². The van der Waals surface area contributed by atoms with Crippen molar-refractivity contribution >= 4 is 29.2 Å². The number of aliphatic carboxylic acids is 1. The third-order valence-corrected chi connectivity index (χ3v) is 3.53. The number of unbranched alkanes of at least 4 members (excludes halogenated alkanes) is 1. The number of thiol groups is 1. The van der Waals surface area contributed by atoms with Crippen molar-refractivity contribution in [2.75, 3.05) is 11.5 Å². The van der Waals surface area contributed by atoms with Gasteiger partial charge in [-0.3, -0.25) is 4.79 Å². The van der Waals surface area contributed by atoms with Crippen LogP contribution in [0.25, 0.3) is 0 Å².